The van der Waals surface area contributed by atoms with Gasteiger partial charge in [0.2, 0.25) is 0 Å². The van der Waals surface area contributed by atoms with Crippen molar-refractivity contribution in [2.24, 2.45) is 4.99 Å². The fourth-order valence-electron chi connectivity index (χ4n) is 3.33. The fourth-order valence-corrected chi connectivity index (χ4v) is 3.33. The Morgan fingerprint density at radius 1 is 1.12 bits per heavy atom. The van der Waals surface area contributed by atoms with E-state index >= 15 is 0 Å². The van der Waals surface area contributed by atoms with Crippen LogP contribution < -0.4 is 9.67 Å². The number of aromatic nitrogens is 2. The molecule has 134 valence electrons. The van der Waals surface area contributed by atoms with Gasteiger partial charge >= 0.3 is 0 Å². The summed E-state index contributed by atoms with van der Waals surface area (Å²) in [6.07, 6.45) is 4.07. The third kappa shape index (κ3) is 3.63. The highest BCUT2D eigenvalue weighted by atomic mass is 35.5. The first-order valence-electron chi connectivity index (χ1n) is 8.38. The van der Waals surface area contributed by atoms with E-state index < -0.39 is 0 Å². The molecule has 1 aliphatic heterocycles. The van der Waals surface area contributed by atoms with Gasteiger partial charge in [-0.1, -0.05) is 30.3 Å². The van der Waals surface area contributed by atoms with Gasteiger partial charge in [-0.15, -0.1) is 12.4 Å². The third-order valence-corrected chi connectivity index (χ3v) is 4.45. The molecular formula is C20H19ClFN3O. The first-order valence-corrected chi connectivity index (χ1v) is 8.38. The average Bonchev–Trinajstić information content (AvgIpc) is 3.22. The summed E-state index contributed by atoms with van der Waals surface area (Å²) in [7, 11) is 0. The Bertz CT molecular complexity index is 920. The molecule has 2 heterocycles. The van der Waals surface area contributed by atoms with Crippen molar-refractivity contribution in [3.8, 4) is 11.3 Å². The van der Waals surface area contributed by atoms with E-state index in [1.54, 1.807) is 0 Å². The van der Waals surface area contributed by atoms with E-state index in [9.17, 15) is 9.50 Å². The van der Waals surface area contributed by atoms with E-state index in [0.29, 0.717) is 5.69 Å². The first kappa shape index (κ1) is 18.1. The zero-order chi connectivity index (χ0) is 17.2. The molecule has 0 bridgehead atoms. The summed E-state index contributed by atoms with van der Waals surface area (Å²) in [5.41, 5.74) is 2.75. The lowest BCUT2D eigenvalue weighted by Crippen LogP contribution is -2.43. The van der Waals surface area contributed by atoms with E-state index in [2.05, 4.69) is 21.7 Å². The number of benzene rings is 2. The molecule has 6 heteroatoms. The third-order valence-electron chi connectivity index (χ3n) is 4.45. The van der Waals surface area contributed by atoms with E-state index in [0.717, 1.165) is 36.5 Å². The minimum atomic E-state index is -0.335. The van der Waals surface area contributed by atoms with Crippen molar-refractivity contribution in [3.05, 3.63) is 72.4 Å². The van der Waals surface area contributed by atoms with Crippen LogP contribution in [0.3, 0.4) is 0 Å². The van der Waals surface area contributed by atoms with E-state index in [-0.39, 0.29) is 30.7 Å². The number of rotatable bonds is 4. The normalized spacial score (nSPS) is 13.3. The molecule has 4 rings (SSSR count). The SMILES string of the molecule is Cl.[O-]C(C[n+]1cc(-c2ccccc2)n2c1CCC2)=Nc1ccc(F)cc1. The molecule has 0 amide bonds. The number of imidazole rings is 1. The highest BCUT2D eigenvalue weighted by Crippen LogP contribution is 2.24. The number of nitrogens with zero attached hydrogens (tertiary/aromatic N) is 3. The molecule has 0 fully saturated rings. The van der Waals surface area contributed by atoms with Crippen LogP contribution in [0.4, 0.5) is 10.1 Å². The second kappa shape index (κ2) is 7.70. The molecule has 0 N–H and O–H groups in total. The zero-order valence-corrected chi connectivity index (χ0v) is 15.0. The molecule has 0 saturated heterocycles. The smallest absolute Gasteiger partial charge is 0.257 e. The van der Waals surface area contributed by atoms with Crippen LogP contribution in [-0.2, 0) is 19.5 Å². The number of hydrogen-bond donors (Lipinski definition) is 0. The van der Waals surface area contributed by atoms with E-state index in [1.165, 1.54) is 24.3 Å². The van der Waals surface area contributed by atoms with Crippen molar-refractivity contribution in [2.75, 3.05) is 0 Å². The summed E-state index contributed by atoms with van der Waals surface area (Å²) >= 11 is 0. The van der Waals surface area contributed by atoms with Crippen molar-refractivity contribution in [2.45, 2.75) is 25.9 Å². The summed E-state index contributed by atoms with van der Waals surface area (Å²) in [5.74, 6) is 0.580. The molecule has 0 unspecified atom stereocenters. The second-order valence-electron chi connectivity index (χ2n) is 6.16. The van der Waals surface area contributed by atoms with Crippen LogP contribution in [0, 0.1) is 5.82 Å². The summed E-state index contributed by atoms with van der Waals surface area (Å²) in [6, 6.07) is 15.8. The van der Waals surface area contributed by atoms with Crippen LogP contribution in [-0.4, -0.2) is 10.5 Å². The average molecular weight is 372 g/mol. The number of fused-ring (bicyclic) bond motifs is 1. The molecule has 0 aliphatic carbocycles. The van der Waals surface area contributed by atoms with Gasteiger partial charge in [0.25, 0.3) is 5.82 Å². The Morgan fingerprint density at radius 3 is 2.58 bits per heavy atom. The summed E-state index contributed by atoms with van der Waals surface area (Å²) in [5, 5.41) is 12.3. The standard InChI is InChI=1S/C20H18FN3O.ClH/c21-16-8-10-17(11-9-16)22-19(25)14-23-13-18(15-5-2-1-3-6-15)24-12-4-7-20(23)24;/h1-3,5-6,8-11,13H,4,7,12,14H2;1H. The van der Waals surface area contributed by atoms with Gasteiger partial charge in [0.15, 0.2) is 5.69 Å². The van der Waals surface area contributed by atoms with Gasteiger partial charge in [0, 0.05) is 11.5 Å². The van der Waals surface area contributed by atoms with E-state index in [1.807, 2.05) is 29.0 Å². The first-order chi connectivity index (χ1) is 12.2. The fraction of sp³-hybridized carbons (Fsp3) is 0.200. The lowest BCUT2D eigenvalue weighted by molar-refractivity contribution is -0.693. The highest BCUT2D eigenvalue weighted by Gasteiger charge is 2.28. The van der Waals surface area contributed by atoms with Crippen molar-refractivity contribution < 1.29 is 14.1 Å². The Kier molecular flexibility index (Phi) is 5.38. The predicted octanol–water partition coefficient (Wildman–Crippen LogP) is 3.04. The molecular weight excluding hydrogens is 353 g/mol. The maximum absolute atomic E-state index is 13.0. The van der Waals surface area contributed by atoms with Gasteiger partial charge in [-0.25, -0.2) is 13.5 Å². The molecule has 1 aliphatic rings. The molecule has 0 spiro atoms. The highest BCUT2D eigenvalue weighted by molar-refractivity contribution is 5.85. The molecule has 2 aromatic carbocycles. The van der Waals surface area contributed by atoms with Crippen molar-refractivity contribution in [1.82, 2.24) is 4.57 Å². The maximum atomic E-state index is 13.0. The van der Waals surface area contributed by atoms with Gasteiger partial charge in [-0.2, -0.15) is 0 Å². The topological polar surface area (TPSA) is 44.2 Å². The summed E-state index contributed by atoms with van der Waals surface area (Å²) in [4.78, 5) is 4.07. The Labute approximate surface area is 157 Å². The van der Waals surface area contributed by atoms with Crippen LogP contribution in [0.5, 0.6) is 0 Å². The molecule has 0 atom stereocenters. The molecule has 0 radical (unpaired) electrons. The van der Waals surface area contributed by atoms with Gasteiger partial charge in [0.1, 0.15) is 18.6 Å². The Morgan fingerprint density at radius 2 is 1.85 bits per heavy atom. The molecule has 26 heavy (non-hydrogen) atoms. The van der Waals surface area contributed by atoms with Gasteiger partial charge in [0.05, 0.1) is 18.7 Å². The number of aliphatic imine (C=N–C) groups is 1. The van der Waals surface area contributed by atoms with Crippen LogP contribution in [0.2, 0.25) is 0 Å². The lowest BCUT2D eigenvalue weighted by Gasteiger charge is -2.08. The lowest BCUT2D eigenvalue weighted by atomic mass is 10.2. The van der Waals surface area contributed by atoms with Gasteiger partial charge in [-0.05, 0) is 30.7 Å². The van der Waals surface area contributed by atoms with Crippen molar-refractivity contribution in [1.29, 1.82) is 0 Å². The summed E-state index contributed by atoms with van der Waals surface area (Å²) in [6.45, 7) is 1.16. The monoisotopic (exact) mass is 371 g/mol. The minimum absolute atomic E-state index is 0. The summed E-state index contributed by atoms with van der Waals surface area (Å²) < 4.78 is 17.2. The molecule has 4 nitrogen and oxygen atoms in total. The molecule has 1 aromatic heterocycles. The predicted molar refractivity (Wildman–Crippen MR) is 99.1 cm³/mol. The van der Waals surface area contributed by atoms with Crippen LogP contribution >= 0.6 is 12.4 Å². The molecule has 0 saturated carbocycles. The Hall–Kier alpha value is -2.66. The maximum Gasteiger partial charge on any atom is 0.257 e. The second-order valence-corrected chi connectivity index (χ2v) is 6.16. The van der Waals surface area contributed by atoms with Crippen molar-refractivity contribution >= 4 is 24.0 Å². The number of hydrogen-bond acceptors (Lipinski definition) is 2. The number of halogens is 2. The van der Waals surface area contributed by atoms with Crippen LogP contribution in [0.25, 0.3) is 11.3 Å². The zero-order valence-electron chi connectivity index (χ0n) is 14.1. The van der Waals surface area contributed by atoms with Crippen LogP contribution in [0.1, 0.15) is 12.2 Å². The minimum Gasteiger partial charge on any atom is -0.859 e. The van der Waals surface area contributed by atoms with E-state index in [4.69, 9.17) is 0 Å². The Balaban J connectivity index is 0.00000196. The molecule has 3 aromatic rings. The van der Waals surface area contributed by atoms with Crippen molar-refractivity contribution in [3.63, 3.8) is 0 Å². The van der Waals surface area contributed by atoms with Gasteiger partial charge in [-0.3, -0.25) is 4.99 Å². The van der Waals surface area contributed by atoms with Crippen LogP contribution in [0.15, 0.2) is 65.8 Å². The largest absolute Gasteiger partial charge is 0.859 e. The van der Waals surface area contributed by atoms with Gasteiger partial charge < -0.3 is 5.11 Å². The quantitative estimate of drug-likeness (QED) is 0.395.